The second-order valence-electron chi connectivity index (χ2n) is 4.58. The molecule has 0 amide bonds. The summed E-state index contributed by atoms with van der Waals surface area (Å²) >= 11 is 0. The van der Waals surface area contributed by atoms with Crippen LogP contribution >= 0.6 is 0 Å². The number of nitrogen functional groups attached to an aromatic ring is 1. The summed E-state index contributed by atoms with van der Waals surface area (Å²) in [5.74, 6) is 0. The van der Waals surface area contributed by atoms with Gasteiger partial charge in [0.05, 0.1) is 5.56 Å². The number of alkyl halides is 3. The third-order valence-electron chi connectivity index (χ3n) is 2.95. The van der Waals surface area contributed by atoms with E-state index in [-0.39, 0.29) is 11.1 Å². The van der Waals surface area contributed by atoms with Crippen LogP contribution in [0.2, 0.25) is 0 Å². The fourth-order valence-corrected chi connectivity index (χ4v) is 1.41. The summed E-state index contributed by atoms with van der Waals surface area (Å²) in [7, 11) is 0. The van der Waals surface area contributed by atoms with Gasteiger partial charge in [-0.2, -0.15) is 13.2 Å². The summed E-state index contributed by atoms with van der Waals surface area (Å²) in [6, 6.07) is 3.76. The van der Waals surface area contributed by atoms with Gasteiger partial charge >= 0.3 is 6.18 Å². The van der Waals surface area contributed by atoms with Gasteiger partial charge in [0.1, 0.15) is 0 Å². The predicted molar refractivity (Wildman–Crippen MR) is 59.2 cm³/mol. The zero-order chi connectivity index (χ0) is 12.6. The molecule has 0 radical (unpaired) electrons. The van der Waals surface area contributed by atoms with E-state index in [1.807, 2.05) is 20.8 Å². The van der Waals surface area contributed by atoms with Gasteiger partial charge in [-0.15, -0.1) is 0 Å². The number of anilines is 1. The van der Waals surface area contributed by atoms with E-state index in [2.05, 4.69) is 0 Å². The predicted octanol–water partition coefficient (Wildman–Crippen LogP) is 3.98. The third-order valence-corrected chi connectivity index (χ3v) is 2.95. The van der Waals surface area contributed by atoms with E-state index < -0.39 is 11.7 Å². The van der Waals surface area contributed by atoms with Gasteiger partial charge in [0.25, 0.3) is 0 Å². The highest BCUT2D eigenvalue weighted by atomic mass is 19.4. The highest BCUT2D eigenvalue weighted by molar-refractivity contribution is 5.47. The normalized spacial score (nSPS) is 12.9. The SMILES string of the molecule is CCC(C)(C)c1cc(N)cc(C(F)(F)F)c1. The third kappa shape index (κ3) is 2.68. The quantitative estimate of drug-likeness (QED) is 0.765. The maximum Gasteiger partial charge on any atom is 0.416 e. The van der Waals surface area contributed by atoms with Crippen LogP contribution < -0.4 is 5.73 Å². The van der Waals surface area contributed by atoms with Crippen LogP contribution in [-0.2, 0) is 11.6 Å². The number of hydrogen-bond donors (Lipinski definition) is 1. The van der Waals surface area contributed by atoms with Gasteiger partial charge in [-0.3, -0.25) is 0 Å². The molecule has 90 valence electrons. The van der Waals surface area contributed by atoms with Crippen LogP contribution in [0.4, 0.5) is 18.9 Å². The zero-order valence-corrected chi connectivity index (χ0v) is 9.65. The monoisotopic (exact) mass is 231 g/mol. The Morgan fingerprint density at radius 1 is 1.06 bits per heavy atom. The Labute approximate surface area is 93.5 Å². The number of benzene rings is 1. The van der Waals surface area contributed by atoms with Crippen LogP contribution in [0.5, 0.6) is 0 Å². The molecule has 0 spiro atoms. The van der Waals surface area contributed by atoms with Crippen molar-refractivity contribution in [3.05, 3.63) is 29.3 Å². The van der Waals surface area contributed by atoms with Crippen molar-refractivity contribution < 1.29 is 13.2 Å². The fourth-order valence-electron chi connectivity index (χ4n) is 1.41. The van der Waals surface area contributed by atoms with Crippen molar-refractivity contribution in [1.29, 1.82) is 0 Å². The molecule has 1 rings (SSSR count). The molecule has 0 aliphatic heterocycles. The molecule has 0 saturated carbocycles. The molecule has 0 atom stereocenters. The molecule has 1 aromatic rings. The molecule has 1 nitrogen and oxygen atoms in total. The first-order valence-electron chi connectivity index (χ1n) is 5.15. The topological polar surface area (TPSA) is 26.0 Å². The molecule has 0 bridgehead atoms. The molecule has 4 heteroatoms. The lowest BCUT2D eigenvalue weighted by Gasteiger charge is -2.24. The maximum atomic E-state index is 12.6. The molecule has 0 heterocycles. The minimum Gasteiger partial charge on any atom is -0.399 e. The average Bonchev–Trinajstić information content (AvgIpc) is 2.15. The molecule has 16 heavy (non-hydrogen) atoms. The molecule has 0 aliphatic rings. The molecule has 0 saturated heterocycles. The Morgan fingerprint density at radius 3 is 2.00 bits per heavy atom. The summed E-state index contributed by atoms with van der Waals surface area (Å²) in [6.45, 7) is 5.75. The van der Waals surface area contributed by atoms with Crippen LogP contribution in [0.15, 0.2) is 18.2 Å². The van der Waals surface area contributed by atoms with Gasteiger partial charge in [0.15, 0.2) is 0 Å². The first kappa shape index (κ1) is 12.9. The van der Waals surface area contributed by atoms with Crippen molar-refractivity contribution in [3.63, 3.8) is 0 Å². The molecule has 1 aromatic carbocycles. The zero-order valence-electron chi connectivity index (χ0n) is 9.65. The largest absolute Gasteiger partial charge is 0.416 e. The van der Waals surface area contributed by atoms with E-state index in [1.165, 1.54) is 6.07 Å². The van der Waals surface area contributed by atoms with Crippen LogP contribution in [0.25, 0.3) is 0 Å². The van der Waals surface area contributed by atoms with Crippen molar-refractivity contribution in [1.82, 2.24) is 0 Å². The lowest BCUT2D eigenvalue weighted by atomic mass is 9.81. The second kappa shape index (κ2) is 4.00. The lowest BCUT2D eigenvalue weighted by molar-refractivity contribution is -0.137. The van der Waals surface area contributed by atoms with Crippen LogP contribution in [0, 0.1) is 0 Å². The van der Waals surface area contributed by atoms with Crippen LogP contribution in [0.3, 0.4) is 0 Å². The van der Waals surface area contributed by atoms with E-state index in [4.69, 9.17) is 5.73 Å². The number of hydrogen-bond acceptors (Lipinski definition) is 1. The molecule has 0 unspecified atom stereocenters. The van der Waals surface area contributed by atoms with Crippen molar-refractivity contribution >= 4 is 5.69 Å². The van der Waals surface area contributed by atoms with Crippen molar-refractivity contribution in [2.75, 3.05) is 5.73 Å². The average molecular weight is 231 g/mol. The molecule has 0 aromatic heterocycles. The summed E-state index contributed by atoms with van der Waals surface area (Å²) in [5.41, 5.74) is 5.32. The van der Waals surface area contributed by atoms with E-state index in [1.54, 1.807) is 6.07 Å². The van der Waals surface area contributed by atoms with Gasteiger partial charge in [-0.1, -0.05) is 20.8 Å². The Bertz CT molecular complexity index is 380. The Morgan fingerprint density at radius 2 is 1.56 bits per heavy atom. The summed E-state index contributed by atoms with van der Waals surface area (Å²) in [6.07, 6.45) is -3.58. The summed E-state index contributed by atoms with van der Waals surface area (Å²) in [5, 5.41) is 0. The smallest absolute Gasteiger partial charge is 0.399 e. The molecule has 2 N–H and O–H groups in total. The Hall–Kier alpha value is -1.19. The minimum atomic E-state index is -4.34. The van der Waals surface area contributed by atoms with Gasteiger partial charge in [0, 0.05) is 5.69 Å². The summed E-state index contributed by atoms with van der Waals surface area (Å²) in [4.78, 5) is 0. The molecule has 0 aliphatic carbocycles. The Kier molecular flexibility index (Phi) is 3.22. The fraction of sp³-hybridized carbons (Fsp3) is 0.500. The van der Waals surface area contributed by atoms with Crippen molar-refractivity contribution in [3.8, 4) is 0 Å². The number of halogens is 3. The Balaban J connectivity index is 3.29. The lowest BCUT2D eigenvalue weighted by Crippen LogP contribution is -2.17. The van der Waals surface area contributed by atoms with E-state index in [9.17, 15) is 13.2 Å². The van der Waals surface area contributed by atoms with Gasteiger partial charge in [-0.25, -0.2) is 0 Å². The van der Waals surface area contributed by atoms with E-state index in [0.29, 0.717) is 5.56 Å². The van der Waals surface area contributed by atoms with Gasteiger partial charge in [0.2, 0.25) is 0 Å². The maximum absolute atomic E-state index is 12.6. The summed E-state index contributed by atoms with van der Waals surface area (Å²) < 4.78 is 37.8. The number of rotatable bonds is 2. The van der Waals surface area contributed by atoms with Crippen molar-refractivity contribution in [2.24, 2.45) is 0 Å². The second-order valence-corrected chi connectivity index (χ2v) is 4.58. The number of nitrogens with two attached hydrogens (primary N) is 1. The van der Waals surface area contributed by atoms with E-state index in [0.717, 1.165) is 12.5 Å². The van der Waals surface area contributed by atoms with Gasteiger partial charge < -0.3 is 5.73 Å². The highest BCUT2D eigenvalue weighted by Gasteiger charge is 2.32. The molecular weight excluding hydrogens is 215 g/mol. The van der Waals surface area contributed by atoms with E-state index >= 15 is 0 Å². The van der Waals surface area contributed by atoms with Gasteiger partial charge in [-0.05, 0) is 35.6 Å². The first-order valence-corrected chi connectivity index (χ1v) is 5.15. The van der Waals surface area contributed by atoms with Crippen molar-refractivity contribution in [2.45, 2.75) is 38.8 Å². The molecule has 0 fully saturated rings. The standard InChI is InChI=1S/C12H16F3N/c1-4-11(2,3)8-5-9(12(13,14)15)7-10(16)6-8/h5-7H,4,16H2,1-3H3. The molecular formula is C12H16F3N. The highest BCUT2D eigenvalue weighted by Crippen LogP contribution is 2.35. The van der Waals surface area contributed by atoms with Crippen LogP contribution in [-0.4, -0.2) is 0 Å². The van der Waals surface area contributed by atoms with Crippen LogP contribution in [0.1, 0.15) is 38.3 Å². The first-order chi connectivity index (χ1) is 7.16. The minimum absolute atomic E-state index is 0.159.